The van der Waals surface area contributed by atoms with Crippen molar-refractivity contribution in [3.8, 4) is 11.1 Å². The Morgan fingerprint density at radius 1 is 0.914 bits per heavy atom. The monoisotopic (exact) mass is 468 g/mol. The molecule has 0 aliphatic rings. The summed E-state index contributed by atoms with van der Waals surface area (Å²) in [6.45, 7) is 3.22. The molecule has 0 saturated heterocycles. The molecule has 0 aliphatic heterocycles. The highest BCUT2D eigenvalue weighted by Crippen LogP contribution is 2.26. The molecule has 5 heteroatoms. The number of carbonyl (C=O) groups is 1. The van der Waals surface area contributed by atoms with E-state index in [-0.39, 0.29) is 0 Å². The molecule has 0 spiro atoms. The van der Waals surface area contributed by atoms with Gasteiger partial charge in [0, 0.05) is 24.7 Å². The maximum absolute atomic E-state index is 11.6. The quantitative estimate of drug-likeness (QED) is 0.275. The van der Waals surface area contributed by atoms with E-state index in [1.807, 2.05) is 54.2 Å². The molecule has 1 heterocycles. The summed E-state index contributed by atoms with van der Waals surface area (Å²) in [5.74, 6) is -0.916. The summed E-state index contributed by atoms with van der Waals surface area (Å²) in [7, 11) is 2.02. The smallest absolute Gasteiger partial charge is 0.336 e. The highest BCUT2D eigenvalue weighted by Gasteiger charge is 2.17. The highest BCUT2D eigenvalue weighted by molar-refractivity contribution is 5.96. The Morgan fingerprint density at radius 3 is 2.34 bits per heavy atom. The Morgan fingerprint density at radius 2 is 1.63 bits per heavy atom. The van der Waals surface area contributed by atoms with Gasteiger partial charge in [0.2, 0.25) is 0 Å². The molecule has 0 radical (unpaired) electrons. The number of ether oxygens (including phenoxy) is 1. The van der Waals surface area contributed by atoms with Crippen molar-refractivity contribution in [3.63, 3.8) is 0 Å². The maximum Gasteiger partial charge on any atom is 0.336 e. The molecule has 0 bridgehead atoms. The first kappa shape index (κ1) is 24.4. The van der Waals surface area contributed by atoms with Crippen molar-refractivity contribution < 1.29 is 14.6 Å². The molecule has 3 aromatic carbocycles. The fraction of sp³-hybridized carbons (Fsp3) is 0.267. The molecule has 0 fully saturated rings. The van der Waals surface area contributed by atoms with Gasteiger partial charge in [0.05, 0.1) is 24.5 Å². The number of carboxylic acid groups (broad SMARTS) is 1. The van der Waals surface area contributed by atoms with E-state index in [0.717, 1.165) is 53.6 Å². The lowest BCUT2D eigenvalue weighted by atomic mass is 9.96. The van der Waals surface area contributed by atoms with Gasteiger partial charge in [0.1, 0.15) is 0 Å². The maximum atomic E-state index is 11.6. The molecule has 0 saturated carbocycles. The van der Waals surface area contributed by atoms with Crippen LogP contribution >= 0.6 is 0 Å². The Labute approximate surface area is 207 Å². The first-order valence-electron chi connectivity index (χ1n) is 12.1. The fourth-order valence-corrected chi connectivity index (χ4v) is 4.41. The summed E-state index contributed by atoms with van der Waals surface area (Å²) in [5.41, 5.74) is 7.72. The van der Waals surface area contributed by atoms with Gasteiger partial charge in [-0.05, 0) is 41.2 Å². The van der Waals surface area contributed by atoms with E-state index in [0.29, 0.717) is 18.8 Å². The lowest BCUT2D eigenvalue weighted by molar-refractivity contribution is 0.0697. The number of unbranched alkanes of at least 4 members (excludes halogenated alkanes) is 1. The summed E-state index contributed by atoms with van der Waals surface area (Å²) < 4.78 is 8.04. The zero-order valence-electron chi connectivity index (χ0n) is 20.4. The minimum absolute atomic E-state index is 0.312. The van der Waals surface area contributed by atoms with Gasteiger partial charge in [-0.3, -0.25) is 4.68 Å². The molecule has 0 unspecified atom stereocenters. The largest absolute Gasteiger partial charge is 0.478 e. The van der Waals surface area contributed by atoms with E-state index in [2.05, 4.69) is 31.2 Å². The zero-order valence-corrected chi connectivity index (χ0v) is 20.4. The molecule has 4 aromatic rings. The second-order valence-electron chi connectivity index (χ2n) is 8.80. The van der Waals surface area contributed by atoms with Crippen LogP contribution < -0.4 is 0 Å². The number of aryl methyl sites for hydroxylation is 1. The summed E-state index contributed by atoms with van der Waals surface area (Å²) in [6.07, 6.45) is 3.99. The Balaban J connectivity index is 1.55. The molecule has 0 aliphatic carbocycles. The predicted octanol–water partition coefficient (Wildman–Crippen LogP) is 6.44. The third-order valence-corrected chi connectivity index (χ3v) is 6.28. The molecular formula is C30H32N2O3. The van der Waals surface area contributed by atoms with E-state index < -0.39 is 5.97 Å². The molecule has 0 atom stereocenters. The average Bonchev–Trinajstić information content (AvgIpc) is 3.17. The topological polar surface area (TPSA) is 64.3 Å². The molecule has 180 valence electrons. The minimum atomic E-state index is -0.916. The molecule has 4 rings (SSSR count). The number of carboxylic acids is 1. The van der Waals surface area contributed by atoms with Crippen LogP contribution in [0.15, 0.2) is 78.9 Å². The van der Waals surface area contributed by atoms with Crippen LogP contribution in [0.4, 0.5) is 0 Å². The molecular weight excluding hydrogens is 436 g/mol. The van der Waals surface area contributed by atoms with Gasteiger partial charge in [-0.15, -0.1) is 0 Å². The number of hydrogen-bond acceptors (Lipinski definition) is 3. The summed E-state index contributed by atoms with van der Waals surface area (Å²) in [6, 6.07) is 25.5. The number of benzene rings is 3. The number of rotatable bonds is 11. The lowest BCUT2D eigenvalue weighted by Crippen LogP contribution is -2.02. The Hall–Kier alpha value is -3.70. The van der Waals surface area contributed by atoms with Gasteiger partial charge in [-0.25, -0.2) is 4.79 Å². The lowest BCUT2D eigenvalue weighted by Gasteiger charge is -2.10. The van der Waals surface area contributed by atoms with Gasteiger partial charge in [0.25, 0.3) is 0 Å². The standard InChI is InChI=1S/C30H32N2O3/c1-3-4-14-29-27(28(31-32(29)2)21-35-20-23-10-6-5-7-11-23)19-22-15-17-24(18-16-22)25-12-8-9-13-26(25)30(33)34/h5-13,15-18H,3-4,14,19-21H2,1-2H3,(H,33,34). The first-order valence-corrected chi connectivity index (χ1v) is 12.1. The Bertz CT molecular complexity index is 1260. The number of hydrogen-bond donors (Lipinski definition) is 1. The van der Waals surface area contributed by atoms with Gasteiger partial charge < -0.3 is 9.84 Å². The van der Waals surface area contributed by atoms with Crippen LogP contribution in [0.3, 0.4) is 0 Å². The number of aromatic nitrogens is 2. The summed E-state index contributed by atoms with van der Waals surface area (Å²) >= 11 is 0. The molecule has 1 N–H and O–H groups in total. The third kappa shape index (κ3) is 6.06. The Kier molecular flexibility index (Phi) is 8.11. The number of aromatic carboxylic acids is 1. The van der Waals surface area contributed by atoms with Crippen molar-refractivity contribution in [2.75, 3.05) is 0 Å². The van der Waals surface area contributed by atoms with Crippen LogP contribution in [0.1, 0.15) is 58.2 Å². The van der Waals surface area contributed by atoms with Crippen LogP contribution in [0.2, 0.25) is 0 Å². The SMILES string of the molecule is CCCCc1c(Cc2ccc(-c3ccccc3C(=O)O)cc2)c(COCc2ccccc2)nn1C. The summed E-state index contributed by atoms with van der Waals surface area (Å²) in [5, 5.41) is 14.3. The van der Waals surface area contributed by atoms with Crippen molar-refractivity contribution in [1.29, 1.82) is 0 Å². The molecule has 1 aromatic heterocycles. The van der Waals surface area contributed by atoms with E-state index in [1.54, 1.807) is 12.1 Å². The average molecular weight is 469 g/mol. The van der Waals surface area contributed by atoms with Crippen LogP contribution in [-0.2, 0) is 37.8 Å². The van der Waals surface area contributed by atoms with Crippen LogP contribution in [-0.4, -0.2) is 20.9 Å². The first-order chi connectivity index (χ1) is 17.1. The fourth-order valence-electron chi connectivity index (χ4n) is 4.41. The second-order valence-corrected chi connectivity index (χ2v) is 8.80. The van der Waals surface area contributed by atoms with Crippen molar-refractivity contribution in [2.24, 2.45) is 7.05 Å². The van der Waals surface area contributed by atoms with Crippen molar-refractivity contribution in [2.45, 2.75) is 45.8 Å². The van der Waals surface area contributed by atoms with Gasteiger partial charge in [-0.2, -0.15) is 5.10 Å². The zero-order chi connectivity index (χ0) is 24.6. The van der Waals surface area contributed by atoms with E-state index in [4.69, 9.17) is 9.84 Å². The van der Waals surface area contributed by atoms with Crippen molar-refractivity contribution in [3.05, 3.63) is 113 Å². The van der Waals surface area contributed by atoms with Crippen molar-refractivity contribution in [1.82, 2.24) is 9.78 Å². The van der Waals surface area contributed by atoms with Crippen LogP contribution in [0.25, 0.3) is 11.1 Å². The summed E-state index contributed by atoms with van der Waals surface area (Å²) in [4.78, 5) is 11.6. The van der Waals surface area contributed by atoms with Gasteiger partial charge >= 0.3 is 5.97 Å². The van der Waals surface area contributed by atoms with Gasteiger partial charge in [0.15, 0.2) is 0 Å². The van der Waals surface area contributed by atoms with Crippen molar-refractivity contribution >= 4 is 5.97 Å². The molecule has 35 heavy (non-hydrogen) atoms. The molecule has 0 amide bonds. The van der Waals surface area contributed by atoms with E-state index in [1.165, 1.54) is 11.3 Å². The molecule has 5 nitrogen and oxygen atoms in total. The van der Waals surface area contributed by atoms with Crippen LogP contribution in [0.5, 0.6) is 0 Å². The minimum Gasteiger partial charge on any atom is -0.478 e. The third-order valence-electron chi connectivity index (χ3n) is 6.28. The van der Waals surface area contributed by atoms with Crippen LogP contribution in [0, 0.1) is 0 Å². The second kappa shape index (κ2) is 11.6. The predicted molar refractivity (Wildman–Crippen MR) is 138 cm³/mol. The van der Waals surface area contributed by atoms with E-state index in [9.17, 15) is 9.90 Å². The van der Waals surface area contributed by atoms with Gasteiger partial charge in [-0.1, -0.05) is 86.1 Å². The normalized spacial score (nSPS) is 11.0. The number of nitrogens with zero attached hydrogens (tertiary/aromatic N) is 2. The van der Waals surface area contributed by atoms with E-state index >= 15 is 0 Å². The highest BCUT2D eigenvalue weighted by atomic mass is 16.5.